The number of para-hydroxylation sites is 1. The largest absolute Gasteiger partial charge is 0.421 e. The van der Waals surface area contributed by atoms with Gasteiger partial charge in [0.2, 0.25) is 17.7 Å². The molecule has 7 heteroatoms. The summed E-state index contributed by atoms with van der Waals surface area (Å²) in [6.45, 7) is 3.69. The molecule has 0 fully saturated rings. The predicted octanol–water partition coefficient (Wildman–Crippen LogP) is 4.34. The van der Waals surface area contributed by atoms with Gasteiger partial charge in [0.25, 0.3) is 0 Å². The van der Waals surface area contributed by atoms with Crippen LogP contribution in [0.1, 0.15) is 18.4 Å². The zero-order valence-corrected chi connectivity index (χ0v) is 15.6. The SMILES string of the molecule is CCc1nnc(-c2cn(CC(=O)Nc3ccc(C)c(F)c3)c3ccccc23)o1. The standard InChI is InChI=1S/C21H19FN4O2/c1-3-20-24-25-21(28-20)16-11-26(18-7-5-4-6-15(16)18)12-19(27)23-14-9-8-13(2)17(22)10-14/h4-11H,3,12H2,1-2H3,(H,23,27). The number of aryl methyl sites for hydroxylation is 2. The lowest BCUT2D eigenvalue weighted by atomic mass is 10.2. The van der Waals surface area contributed by atoms with Crippen molar-refractivity contribution < 1.29 is 13.6 Å². The van der Waals surface area contributed by atoms with E-state index in [1.807, 2.05) is 42.0 Å². The smallest absolute Gasteiger partial charge is 0.249 e. The molecule has 4 rings (SSSR count). The number of nitrogens with one attached hydrogen (secondary N) is 1. The summed E-state index contributed by atoms with van der Waals surface area (Å²) in [5.74, 6) is 0.378. The Labute approximate surface area is 161 Å². The van der Waals surface area contributed by atoms with Crippen LogP contribution in [-0.2, 0) is 17.8 Å². The molecular formula is C21H19FN4O2. The molecule has 0 bridgehead atoms. The third kappa shape index (κ3) is 3.38. The molecule has 142 valence electrons. The molecule has 0 unspecified atom stereocenters. The lowest BCUT2D eigenvalue weighted by Crippen LogP contribution is -2.18. The Morgan fingerprint density at radius 2 is 2.04 bits per heavy atom. The highest BCUT2D eigenvalue weighted by Crippen LogP contribution is 2.30. The third-order valence-electron chi connectivity index (χ3n) is 4.56. The van der Waals surface area contributed by atoms with Crippen LogP contribution >= 0.6 is 0 Å². The van der Waals surface area contributed by atoms with Gasteiger partial charge in [-0.3, -0.25) is 4.79 Å². The van der Waals surface area contributed by atoms with Crippen LogP contribution in [0.5, 0.6) is 0 Å². The highest BCUT2D eigenvalue weighted by atomic mass is 19.1. The summed E-state index contributed by atoms with van der Waals surface area (Å²) in [5.41, 5.74) is 2.61. The van der Waals surface area contributed by atoms with Gasteiger partial charge < -0.3 is 14.3 Å². The molecule has 2 aromatic heterocycles. The number of rotatable bonds is 5. The first-order valence-electron chi connectivity index (χ1n) is 9.01. The summed E-state index contributed by atoms with van der Waals surface area (Å²) in [7, 11) is 0. The molecule has 0 saturated carbocycles. The highest BCUT2D eigenvalue weighted by Gasteiger charge is 2.17. The predicted molar refractivity (Wildman–Crippen MR) is 104 cm³/mol. The van der Waals surface area contributed by atoms with Gasteiger partial charge >= 0.3 is 0 Å². The van der Waals surface area contributed by atoms with Crippen molar-refractivity contribution in [3.63, 3.8) is 0 Å². The van der Waals surface area contributed by atoms with Crippen molar-refractivity contribution in [1.29, 1.82) is 0 Å². The lowest BCUT2D eigenvalue weighted by molar-refractivity contribution is -0.116. The van der Waals surface area contributed by atoms with Gasteiger partial charge in [0, 0.05) is 29.2 Å². The molecule has 1 amide bonds. The quantitative estimate of drug-likeness (QED) is 0.561. The van der Waals surface area contributed by atoms with Crippen molar-refractivity contribution >= 4 is 22.5 Å². The van der Waals surface area contributed by atoms with E-state index in [0.29, 0.717) is 29.5 Å². The number of hydrogen-bond donors (Lipinski definition) is 1. The number of aromatic nitrogens is 3. The molecule has 0 spiro atoms. The number of anilines is 1. The summed E-state index contributed by atoms with van der Waals surface area (Å²) in [4.78, 5) is 12.5. The molecule has 0 aliphatic carbocycles. The minimum Gasteiger partial charge on any atom is -0.421 e. The van der Waals surface area contributed by atoms with E-state index in [0.717, 1.165) is 16.5 Å². The number of nitrogens with zero attached hydrogens (tertiary/aromatic N) is 3. The molecule has 2 heterocycles. The van der Waals surface area contributed by atoms with Crippen molar-refractivity contribution in [2.24, 2.45) is 0 Å². The van der Waals surface area contributed by atoms with E-state index >= 15 is 0 Å². The monoisotopic (exact) mass is 378 g/mol. The van der Waals surface area contributed by atoms with E-state index in [9.17, 15) is 9.18 Å². The number of amides is 1. The van der Waals surface area contributed by atoms with Crippen molar-refractivity contribution in [2.45, 2.75) is 26.8 Å². The zero-order valence-electron chi connectivity index (χ0n) is 15.6. The van der Waals surface area contributed by atoms with Crippen LogP contribution in [0.4, 0.5) is 10.1 Å². The summed E-state index contributed by atoms with van der Waals surface area (Å²) in [6, 6.07) is 12.3. The maximum atomic E-state index is 13.7. The Hall–Kier alpha value is -3.48. The highest BCUT2D eigenvalue weighted by molar-refractivity contribution is 5.96. The molecule has 0 aliphatic heterocycles. The number of hydrogen-bond acceptors (Lipinski definition) is 4. The van der Waals surface area contributed by atoms with Crippen molar-refractivity contribution in [3.05, 3.63) is 65.9 Å². The van der Waals surface area contributed by atoms with Gasteiger partial charge in [-0.15, -0.1) is 10.2 Å². The maximum Gasteiger partial charge on any atom is 0.249 e. The van der Waals surface area contributed by atoms with Crippen molar-refractivity contribution in [1.82, 2.24) is 14.8 Å². The zero-order chi connectivity index (χ0) is 19.7. The second-order valence-electron chi connectivity index (χ2n) is 6.55. The van der Waals surface area contributed by atoms with Gasteiger partial charge in [0.15, 0.2) is 0 Å². The number of carbonyl (C=O) groups is 1. The van der Waals surface area contributed by atoms with Crippen LogP contribution in [0.15, 0.2) is 53.1 Å². The van der Waals surface area contributed by atoms with Gasteiger partial charge in [-0.25, -0.2) is 4.39 Å². The average molecular weight is 378 g/mol. The summed E-state index contributed by atoms with van der Waals surface area (Å²) in [6.07, 6.45) is 2.48. The van der Waals surface area contributed by atoms with Crippen molar-refractivity contribution in [2.75, 3.05) is 5.32 Å². The molecule has 0 aliphatic rings. The van der Waals surface area contributed by atoms with Crippen LogP contribution in [0.25, 0.3) is 22.4 Å². The summed E-state index contributed by atoms with van der Waals surface area (Å²) < 4.78 is 21.2. The Bertz CT molecular complexity index is 1160. The minimum atomic E-state index is -0.352. The van der Waals surface area contributed by atoms with E-state index in [-0.39, 0.29) is 18.3 Å². The van der Waals surface area contributed by atoms with Crippen LogP contribution in [-0.4, -0.2) is 20.7 Å². The Morgan fingerprint density at radius 3 is 2.79 bits per heavy atom. The fraction of sp³-hybridized carbons (Fsp3) is 0.190. The first-order chi connectivity index (χ1) is 13.5. The Kier molecular flexibility index (Phi) is 4.65. The van der Waals surface area contributed by atoms with E-state index in [1.54, 1.807) is 19.1 Å². The van der Waals surface area contributed by atoms with Gasteiger partial charge in [-0.1, -0.05) is 31.2 Å². The van der Waals surface area contributed by atoms with Gasteiger partial charge in [-0.05, 0) is 30.7 Å². The molecule has 6 nitrogen and oxygen atoms in total. The number of carbonyl (C=O) groups excluding carboxylic acids is 1. The molecule has 0 atom stereocenters. The van der Waals surface area contributed by atoms with E-state index in [4.69, 9.17) is 4.42 Å². The fourth-order valence-electron chi connectivity index (χ4n) is 3.08. The molecule has 0 saturated heterocycles. The first-order valence-corrected chi connectivity index (χ1v) is 9.01. The molecule has 4 aromatic rings. The Balaban J connectivity index is 1.63. The molecule has 2 aromatic carbocycles. The molecule has 1 N–H and O–H groups in total. The second kappa shape index (κ2) is 7.26. The van der Waals surface area contributed by atoms with Gasteiger partial charge in [-0.2, -0.15) is 0 Å². The summed E-state index contributed by atoms with van der Waals surface area (Å²) >= 11 is 0. The van der Waals surface area contributed by atoms with E-state index < -0.39 is 0 Å². The molecular weight excluding hydrogens is 359 g/mol. The van der Waals surface area contributed by atoms with Crippen LogP contribution in [0.2, 0.25) is 0 Å². The first kappa shape index (κ1) is 17.9. The van der Waals surface area contributed by atoms with E-state index in [2.05, 4.69) is 15.5 Å². The fourth-order valence-corrected chi connectivity index (χ4v) is 3.08. The van der Waals surface area contributed by atoms with Crippen molar-refractivity contribution in [3.8, 4) is 11.5 Å². The normalized spacial score (nSPS) is 11.1. The van der Waals surface area contributed by atoms with Crippen LogP contribution < -0.4 is 5.32 Å². The number of halogens is 1. The average Bonchev–Trinajstić information content (AvgIpc) is 3.30. The minimum absolute atomic E-state index is 0.0742. The molecule has 0 radical (unpaired) electrons. The maximum absolute atomic E-state index is 13.7. The van der Waals surface area contributed by atoms with Gasteiger partial charge in [0.1, 0.15) is 12.4 Å². The number of benzene rings is 2. The Morgan fingerprint density at radius 1 is 1.21 bits per heavy atom. The van der Waals surface area contributed by atoms with Gasteiger partial charge in [0.05, 0.1) is 5.56 Å². The van der Waals surface area contributed by atoms with Crippen LogP contribution in [0.3, 0.4) is 0 Å². The third-order valence-corrected chi connectivity index (χ3v) is 4.56. The molecule has 28 heavy (non-hydrogen) atoms. The summed E-state index contributed by atoms with van der Waals surface area (Å²) in [5, 5.41) is 11.8. The topological polar surface area (TPSA) is 73.0 Å². The van der Waals surface area contributed by atoms with E-state index in [1.165, 1.54) is 6.07 Å². The lowest BCUT2D eigenvalue weighted by Gasteiger charge is -2.08. The van der Waals surface area contributed by atoms with Crippen LogP contribution in [0, 0.1) is 12.7 Å². The number of fused-ring (bicyclic) bond motifs is 1. The second-order valence-corrected chi connectivity index (χ2v) is 6.55.